The monoisotopic (exact) mass is 337 g/mol. The molecule has 0 saturated carbocycles. The van der Waals surface area contributed by atoms with Gasteiger partial charge in [-0.05, 0) is 19.5 Å². The summed E-state index contributed by atoms with van der Waals surface area (Å²) in [5.41, 5.74) is 1.27. The van der Waals surface area contributed by atoms with Crippen molar-refractivity contribution in [1.29, 1.82) is 0 Å². The lowest BCUT2D eigenvalue weighted by Crippen LogP contribution is -2.23. The van der Waals surface area contributed by atoms with E-state index in [-0.39, 0.29) is 25.4 Å². The highest BCUT2D eigenvalue weighted by Crippen LogP contribution is 2.01. The number of carbonyl (C=O) groups excluding carboxylic acids is 2. The molecule has 1 aromatic rings. The normalized spacial score (nSPS) is 10.8. The van der Waals surface area contributed by atoms with E-state index in [1.54, 1.807) is 6.92 Å². The standard InChI is InChI=1S/C18H27NO5/c1-3-24-18(21)13-17(20)15-23-12-11-22-10-9-19(2)14-16-7-5-4-6-8-16/h4-8H,3,9-15H2,1-2H3. The fraction of sp³-hybridized carbons (Fsp3) is 0.556. The smallest absolute Gasteiger partial charge is 0.313 e. The Kier molecular flexibility index (Phi) is 10.7. The van der Waals surface area contributed by atoms with E-state index in [1.165, 1.54) is 5.56 Å². The van der Waals surface area contributed by atoms with Crippen molar-refractivity contribution < 1.29 is 23.8 Å². The highest BCUT2D eigenvalue weighted by molar-refractivity contribution is 5.96. The maximum Gasteiger partial charge on any atom is 0.313 e. The fourth-order valence-electron chi connectivity index (χ4n) is 2.02. The van der Waals surface area contributed by atoms with E-state index in [2.05, 4.69) is 17.0 Å². The number of ketones is 1. The summed E-state index contributed by atoms with van der Waals surface area (Å²) in [4.78, 5) is 24.7. The molecule has 0 heterocycles. The first-order chi connectivity index (χ1) is 11.6. The van der Waals surface area contributed by atoms with E-state index in [1.807, 2.05) is 25.2 Å². The molecule has 24 heavy (non-hydrogen) atoms. The Balaban J connectivity index is 1.96. The number of esters is 1. The van der Waals surface area contributed by atoms with Crippen LogP contribution in [0.1, 0.15) is 18.9 Å². The lowest BCUT2D eigenvalue weighted by atomic mass is 10.2. The van der Waals surface area contributed by atoms with Crippen molar-refractivity contribution in [2.75, 3.05) is 46.6 Å². The minimum Gasteiger partial charge on any atom is -0.466 e. The molecule has 0 aliphatic rings. The van der Waals surface area contributed by atoms with E-state index in [0.717, 1.165) is 13.1 Å². The number of ether oxygens (including phenoxy) is 3. The van der Waals surface area contributed by atoms with E-state index >= 15 is 0 Å². The van der Waals surface area contributed by atoms with Gasteiger partial charge in [0.25, 0.3) is 0 Å². The Bertz CT molecular complexity index is 478. The molecule has 0 aliphatic carbocycles. The average Bonchev–Trinajstić information content (AvgIpc) is 2.55. The van der Waals surface area contributed by atoms with Crippen molar-refractivity contribution in [3.05, 3.63) is 35.9 Å². The summed E-state index contributed by atoms with van der Waals surface area (Å²) in [7, 11) is 2.04. The molecule has 0 atom stereocenters. The number of nitrogens with zero attached hydrogens (tertiary/aromatic N) is 1. The molecule has 6 heteroatoms. The molecule has 0 radical (unpaired) electrons. The maximum absolute atomic E-state index is 11.4. The first-order valence-corrected chi connectivity index (χ1v) is 8.17. The second kappa shape index (κ2) is 12.6. The van der Waals surface area contributed by atoms with Gasteiger partial charge in [0.1, 0.15) is 13.0 Å². The van der Waals surface area contributed by atoms with Crippen LogP contribution in [0.4, 0.5) is 0 Å². The fourth-order valence-corrected chi connectivity index (χ4v) is 2.02. The molecule has 0 spiro atoms. The average molecular weight is 337 g/mol. The highest BCUT2D eigenvalue weighted by Gasteiger charge is 2.10. The van der Waals surface area contributed by atoms with E-state index in [4.69, 9.17) is 14.2 Å². The van der Waals surface area contributed by atoms with Crippen molar-refractivity contribution in [1.82, 2.24) is 4.90 Å². The zero-order valence-corrected chi connectivity index (χ0v) is 14.5. The molecule has 0 saturated heterocycles. The van der Waals surface area contributed by atoms with Crippen LogP contribution in [-0.2, 0) is 30.3 Å². The minimum atomic E-state index is -0.510. The maximum atomic E-state index is 11.4. The largest absolute Gasteiger partial charge is 0.466 e. The van der Waals surface area contributed by atoms with Gasteiger partial charge in [-0.2, -0.15) is 0 Å². The first-order valence-electron chi connectivity index (χ1n) is 8.17. The van der Waals surface area contributed by atoms with Crippen LogP contribution in [0.5, 0.6) is 0 Å². The molecule has 0 aliphatic heterocycles. The predicted octanol–water partition coefficient (Wildman–Crippen LogP) is 1.67. The third-order valence-electron chi connectivity index (χ3n) is 3.19. The van der Waals surface area contributed by atoms with Crippen LogP contribution < -0.4 is 0 Å². The number of hydrogen-bond acceptors (Lipinski definition) is 6. The molecule has 134 valence electrons. The zero-order valence-electron chi connectivity index (χ0n) is 14.5. The topological polar surface area (TPSA) is 65.1 Å². The molecule has 0 unspecified atom stereocenters. The SMILES string of the molecule is CCOC(=O)CC(=O)COCCOCCN(C)Cc1ccccc1. The second-order valence-corrected chi connectivity index (χ2v) is 5.41. The van der Waals surface area contributed by atoms with Crippen LogP contribution in [0, 0.1) is 0 Å². The van der Waals surface area contributed by atoms with E-state index < -0.39 is 5.97 Å². The van der Waals surface area contributed by atoms with Crippen molar-refractivity contribution in [2.24, 2.45) is 0 Å². The van der Waals surface area contributed by atoms with Crippen LogP contribution in [-0.4, -0.2) is 63.3 Å². The summed E-state index contributed by atoms with van der Waals surface area (Å²) < 4.78 is 15.3. The van der Waals surface area contributed by atoms with Crippen LogP contribution in [0.2, 0.25) is 0 Å². The minimum absolute atomic E-state index is 0.0872. The van der Waals surface area contributed by atoms with Gasteiger partial charge in [-0.25, -0.2) is 0 Å². The summed E-state index contributed by atoms with van der Waals surface area (Å²) in [5, 5.41) is 0. The zero-order chi connectivity index (χ0) is 17.6. The lowest BCUT2D eigenvalue weighted by molar-refractivity contribution is -0.146. The van der Waals surface area contributed by atoms with E-state index in [9.17, 15) is 9.59 Å². The first kappa shape index (κ1) is 20.3. The van der Waals surface area contributed by atoms with Gasteiger partial charge in [0, 0.05) is 13.1 Å². The molecular weight excluding hydrogens is 310 g/mol. The van der Waals surface area contributed by atoms with Crippen molar-refractivity contribution >= 4 is 11.8 Å². The molecule has 0 amide bonds. The van der Waals surface area contributed by atoms with Gasteiger partial charge >= 0.3 is 5.97 Å². The quantitative estimate of drug-likeness (QED) is 0.310. The lowest BCUT2D eigenvalue weighted by Gasteiger charge is -2.16. The third kappa shape index (κ3) is 10.1. The Morgan fingerprint density at radius 3 is 2.46 bits per heavy atom. The van der Waals surface area contributed by atoms with Gasteiger partial charge < -0.3 is 14.2 Å². The van der Waals surface area contributed by atoms with Crippen LogP contribution >= 0.6 is 0 Å². The predicted molar refractivity (Wildman–Crippen MR) is 90.7 cm³/mol. The molecule has 0 aromatic heterocycles. The van der Waals surface area contributed by atoms with Gasteiger partial charge in [-0.1, -0.05) is 30.3 Å². The summed E-state index contributed by atoms with van der Waals surface area (Å²) in [6, 6.07) is 10.3. The number of hydrogen-bond donors (Lipinski definition) is 0. The van der Waals surface area contributed by atoms with E-state index in [0.29, 0.717) is 19.8 Å². The Morgan fingerprint density at radius 2 is 1.75 bits per heavy atom. The molecule has 0 N–H and O–H groups in total. The van der Waals surface area contributed by atoms with Gasteiger partial charge in [-0.3, -0.25) is 14.5 Å². The second-order valence-electron chi connectivity index (χ2n) is 5.41. The van der Waals surface area contributed by atoms with Gasteiger partial charge in [0.15, 0.2) is 5.78 Å². The van der Waals surface area contributed by atoms with Crippen LogP contribution in [0.25, 0.3) is 0 Å². The van der Waals surface area contributed by atoms with Crippen molar-refractivity contribution in [2.45, 2.75) is 19.9 Å². The number of carbonyl (C=O) groups is 2. The van der Waals surface area contributed by atoms with Crippen LogP contribution in [0.15, 0.2) is 30.3 Å². The molecule has 1 aromatic carbocycles. The number of benzene rings is 1. The summed E-state index contributed by atoms with van der Waals surface area (Å²) in [6.07, 6.45) is -0.237. The Labute approximate surface area is 143 Å². The third-order valence-corrected chi connectivity index (χ3v) is 3.19. The number of Topliss-reactive ketones (excluding diaryl/α,β-unsaturated/α-hetero) is 1. The molecule has 0 fully saturated rings. The van der Waals surface area contributed by atoms with Crippen molar-refractivity contribution in [3.8, 4) is 0 Å². The molecule has 0 bridgehead atoms. The molecular formula is C18H27NO5. The summed E-state index contributed by atoms with van der Waals surface area (Å²) in [6.45, 7) is 4.94. The Morgan fingerprint density at radius 1 is 1.04 bits per heavy atom. The van der Waals surface area contributed by atoms with Gasteiger partial charge in [0.2, 0.25) is 0 Å². The van der Waals surface area contributed by atoms with Crippen molar-refractivity contribution in [3.63, 3.8) is 0 Å². The molecule has 6 nitrogen and oxygen atoms in total. The highest BCUT2D eigenvalue weighted by atomic mass is 16.5. The molecule has 1 rings (SSSR count). The number of rotatable bonds is 13. The number of likely N-dealkylation sites (N-methyl/N-ethyl adjacent to an activating group) is 1. The van der Waals surface area contributed by atoms with Gasteiger partial charge in [-0.15, -0.1) is 0 Å². The Hall–Kier alpha value is -1.76. The summed E-state index contributed by atoms with van der Waals surface area (Å²) >= 11 is 0. The van der Waals surface area contributed by atoms with Crippen LogP contribution in [0.3, 0.4) is 0 Å². The van der Waals surface area contributed by atoms with Gasteiger partial charge in [0.05, 0.1) is 26.4 Å². The summed E-state index contributed by atoms with van der Waals surface area (Å²) in [5.74, 6) is -0.792.